The number of carbonyl (C=O) groups excluding carboxylic acids is 1. The Bertz CT molecular complexity index is 758. The topological polar surface area (TPSA) is 84.3 Å². The van der Waals surface area contributed by atoms with Gasteiger partial charge in [0.25, 0.3) is 0 Å². The molecule has 1 N–H and O–H groups in total. The predicted molar refractivity (Wildman–Crippen MR) is 99.0 cm³/mol. The zero-order valence-electron chi connectivity index (χ0n) is 15.9. The molecule has 1 saturated heterocycles. The molecular formula is C18H30N4O3S. The second-order valence-electron chi connectivity index (χ2n) is 7.80. The molecule has 1 saturated carbocycles. The number of aromatic nitrogens is 2. The zero-order chi connectivity index (χ0) is 18.9. The van der Waals surface area contributed by atoms with E-state index in [0.717, 1.165) is 25.7 Å². The molecule has 3 atom stereocenters. The first-order chi connectivity index (χ1) is 12.3. The van der Waals surface area contributed by atoms with Crippen LogP contribution in [0.4, 0.5) is 0 Å². The molecule has 1 aromatic rings. The lowest BCUT2D eigenvalue weighted by molar-refractivity contribution is -0.127. The number of aryl methyl sites for hydroxylation is 1. The molecule has 0 spiro atoms. The minimum Gasteiger partial charge on any atom is -0.353 e. The number of nitrogens with one attached hydrogen (secondary N) is 1. The SMILES string of the molecule is Cc1c(S(=O)(=O)N2CCC[C@H](C(=O)N[C@@H]3CCCC[C@H]3C)C2)cnn1C. The maximum Gasteiger partial charge on any atom is 0.246 e. The van der Waals surface area contributed by atoms with E-state index < -0.39 is 10.0 Å². The van der Waals surface area contributed by atoms with Gasteiger partial charge < -0.3 is 5.32 Å². The third-order valence-electron chi connectivity index (χ3n) is 6.00. The first kappa shape index (κ1) is 19.4. The molecule has 1 aromatic heterocycles. The maximum absolute atomic E-state index is 13.0. The quantitative estimate of drug-likeness (QED) is 0.861. The van der Waals surface area contributed by atoms with Crippen LogP contribution in [0.3, 0.4) is 0 Å². The van der Waals surface area contributed by atoms with Gasteiger partial charge in [-0.1, -0.05) is 19.8 Å². The van der Waals surface area contributed by atoms with E-state index >= 15 is 0 Å². The van der Waals surface area contributed by atoms with Crippen molar-refractivity contribution in [1.82, 2.24) is 19.4 Å². The van der Waals surface area contributed by atoms with Crippen LogP contribution in [0.25, 0.3) is 0 Å². The average Bonchev–Trinajstić information content (AvgIpc) is 2.97. The van der Waals surface area contributed by atoms with Gasteiger partial charge in [0.05, 0.1) is 17.8 Å². The van der Waals surface area contributed by atoms with E-state index in [9.17, 15) is 13.2 Å². The molecule has 2 heterocycles. The molecule has 8 heteroatoms. The van der Waals surface area contributed by atoms with Crippen LogP contribution in [0.2, 0.25) is 0 Å². The standard InChI is InChI=1S/C18H30N4O3S/c1-13-7-4-5-9-16(13)20-18(23)15-8-6-10-22(12-15)26(24,25)17-11-19-21(3)14(17)2/h11,13,15-16H,4-10,12H2,1-3H3,(H,20,23)/t13-,15+,16-/m1/s1. The highest BCUT2D eigenvalue weighted by Crippen LogP contribution is 2.27. The van der Waals surface area contributed by atoms with E-state index in [4.69, 9.17) is 0 Å². The average molecular weight is 383 g/mol. The number of amides is 1. The minimum atomic E-state index is -3.61. The van der Waals surface area contributed by atoms with E-state index in [2.05, 4.69) is 17.3 Å². The summed E-state index contributed by atoms with van der Waals surface area (Å²) in [5.74, 6) is 0.227. The van der Waals surface area contributed by atoms with Crippen molar-refractivity contribution in [3.05, 3.63) is 11.9 Å². The molecule has 146 valence electrons. The van der Waals surface area contributed by atoms with Gasteiger partial charge in [0.1, 0.15) is 4.90 Å². The van der Waals surface area contributed by atoms with Crippen molar-refractivity contribution in [1.29, 1.82) is 0 Å². The first-order valence-corrected chi connectivity index (χ1v) is 11.0. The fourth-order valence-electron chi connectivity index (χ4n) is 4.08. The Morgan fingerprint density at radius 3 is 2.62 bits per heavy atom. The highest BCUT2D eigenvalue weighted by molar-refractivity contribution is 7.89. The predicted octanol–water partition coefficient (Wildman–Crippen LogP) is 1.82. The lowest BCUT2D eigenvalue weighted by atomic mass is 9.85. The number of piperidine rings is 1. The molecular weight excluding hydrogens is 352 g/mol. The molecule has 0 unspecified atom stereocenters. The summed E-state index contributed by atoms with van der Waals surface area (Å²) < 4.78 is 29.0. The molecule has 0 bridgehead atoms. The van der Waals surface area contributed by atoms with Gasteiger partial charge in [-0.05, 0) is 38.5 Å². The molecule has 2 fully saturated rings. The molecule has 1 amide bonds. The summed E-state index contributed by atoms with van der Waals surface area (Å²) in [4.78, 5) is 13.0. The number of sulfonamides is 1. The molecule has 0 aromatic carbocycles. The van der Waals surface area contributed by atoms with Crippen LogP contribution in [0.5, 0.6) is 0 Å². The van der Waals surface area contributed by atoms with Gasteiger partial charge in [-0.25, -0.2) is 8.42 Å². The van der Waals surface area contributed by atoms with E-state index in [1.165, 1.54) is 16.9 Å². The number of carbonyl (C=O) groups is 1. The summed E-state index contributed by atoms with van der Waals surface area (Å²) in [6.07, 6.45) is 7.40. The Hall–Kier alpha value is -1.41. The third-order valence-corrected chi connectivity index (χ3v) is 7.97. The summed E-state index contributed by atoms with van der Waals surface area (Å²) in [6.45, 7) is 4.65. The van der Waals surface area contributed by atoms with Crippen molar-refractivity contribution < 1.29 is 13.2 Å². The van der Waals surface area contributed by atoms with Crippen molar-refractivity contribution in [2.45, 2.75) is 63.3 Å². The van der Waals surface area contributed by atoms with Gasteiger partial charge in [0.15, 0.2) is 0 Å². The highest BCUT2D eigenvalue weighted by atomic mass is 32.2. The van der Waals surface area contributed by atoms with Gasteiger partial charge in [0.2, 0.25) is 15.9 Å². The van der Waals surface area contributed by atoms with Crippen molar-refractivity contribution >= 4 is 15.9 Å². The molecule has 3 rings (SSSR count). The van der Waals surface area contributed by atoms with Crippen LogP contribution >= 0.6 is 0 Å². The van der Waals surface area contributed by atoms with E-state index in [-0.39, 0.29) is 29.3 Å². The summed E-state index contributed by atoms with van der Waals surface area (Å²) >= 11 is 0. The zero-order valence-corrected chi connectivity index (χ0v) is 16.8. The molecule has 2 aliphatic rings. The largest absolute Gasteiger partial charge is 0.353 e. The number of rotatable bonds is 4. The molecule has 0 radical (unpaired) electrons. The lowest BCUT2D eigenvalue weighted by Crippen LogP contribution is -2.49. The van der Waals surface area contributed by atoms with Gasteiger partial charge in [-0.15, -0.1) is 0 Å². The minimum absolute atomic E-state index is 0.00607. The Kier molecular flexibility index (Phi) is 5.72. The highest BCUT2D eigenvalue weighted by Gasteiger charge is 2.36. The van der Waals surface area contributed by atoms with E-state index in [1.807, 2.05) is 0 Å². The van der Waals surface area contributed by atoms with Crippen LogP contribution in [-0.4, -0.2) is 47.5 Å². The van der Waals surface area contributed by atoms with E-state index in [0.29, 0.717) is 24.6 Å². The van der Waals surface area contributed by atoms with Crippen LogP contribution in [0.15, 0.2) is 11.1 Å². The maximum atomic E-state index is 13.0. The van der Waals surface area contributed by atoms with Gasteiger partial charge >= 0.3 is 0 Å². The summed E-state index contributed by atoms with van der Waals surface area (Å²) in [6, 6.07) is 0.226. The van der Waals surface area contributed by atoms with Crippen LogP contribution in [0.1, 0.15) is 51.1 Å². The van der Waals surface area contributed by atoms with Gasteiger partial charge in [-0.3, -0.25) is 9.48 Å². The summed E-state index contributed by atoms with van der Waals surface area (Å²) in [5, 5.41) is 7.24. The lowest BCUT2D eigenvalue weighted by Gasteiger charge is -2.34. The van der Waals surface area contributed by atoms with E-state index in [1.54, 1.807) is 18.7 Å². The van der Waals surface area contributed by atoms with Crippen molar-refractivity contribution in [3.8, 4) is 0 Å². The number of nitrogens with zero attached hydrogens (tertiary/aromatic N) is 3. The first-order valence-electron chi connectivity index (χ1n) is 9.60. The monoisotopic (exact) mass is 382 g/mol. The molecule has 7 nitrogen and oxygen atoms in total. The van der Waals surface area contributed by atoms with Crippen molar-refractivity contribution in [2.24, 2.45) is 18.9 Å². The fraction of sp³-hybridized carbons (Fsp3) is 0.778. The Morgan fingerprint density at radius 2 is 1.96 bits per heavy atom. The normalized spacial score (nSPS) is 28.0. The smallest absolute Gasteiger partial charge is 0.246 e. The molecule has 26 heavy (non-hydrogen) atoms. The Balaban J connectivity index is 1.68. The Labute approximate surface area is 156 Å². The second kappa shape index (κ2) is 7.68. The third kappa shape index (κ3) is 3.81. The van der Waals surface area contributed by atoms with Gasteiger partial charge in [-0.2, -0.15) is 9.40 Å². The van der Waals surface area contributed by atoms with Crippen molar-refractivity contribution in [2.75, 3.05) is 13.1 Å². The number of hydrogen-bond acceptors (Lipinski definition) is 4. The van der Waals surface area contributed by atoms with Gasteiger partial charge in [0, 0.05) is 26.2 Å². The number of hydrogen-bond donors (Lipinski definition) is 1. The van der Waals surface area contributed by atoms with Crippen LogP contribution in [0, 0.1) is 18.8 Å². The van der Waals surface area contributed by atoms with Crippen LogP contribution in [-0.2, 0) is 21.9 Å². The summed E-state index contributed by atoms with van der Waals surface area (Å²) in [7, 11) is -1.88. The molecule has 1 aliphatic heterocycles. The Morgan fingerprint density at radius 1 is 1.23 bits per heavy atom. The second-order valence-corrected chi connectivity index (χ2v) is 9.70. The van der Waals surface area contributed by atoms with Crippen molar-refractivity contribution in [3.63, 3.8) is 0 Å². The summed E-state index contributed by atoms with van der Waals surface area (Å²) in [5.41, 5.74) is 0.618. The van der Waals surface area contributed by atoms with Crippen LogP contribution < -0.4 is 5.32 Å². The fourth-order valence-corrected chi connectivity index (χ4v) is 5.79. The molecule has 1 aliphatic carbocycles.